The number of anilines is 1. The summed E-state index contributed by atoms with van der Waals surface area (Å²) in [6.07, 6.45) is 7.42. The molecule has 0 spiro atoms. The number of halogens is 1. The molecule has 2 bridgehead atoms. The van der Waals surface area contributed by atoms with E-state index in [1.54, 1.807) is 18.6 Å². The topological polar surface area (TPSA) is 88.9 Å². The van der Waals surface area contributed by atoms with Gasteiger partial charge in [-0.2, -0.15) is 5.10 Å². The van der Waals surface area contributed by atoms with E-state index in [0.717, 1.165) is 17.9 Å². The highest BCUT2D eigenvalue weighted by atomic mass is 79.9. The molecule has 0 unspecified atom stereocenters. The summed E-state index contributed by atoms with van der Waals surface area (Å²) in [6, 6.07) is 3.85. The Labute approximate surface area is 191 Å². The average molecular weight is 488 g/mol. The first-order valence-corrected chi connectivity index (χ1v) is 11.7. The number of hydrogen-bond donors (Lipinski definition) is 2. The van der Waals surface area contributed by atoms with E-state index in [0.29, 0.717) is 33.5 Å². The molecule has 0 aliphatic heterocycles. The number of fused-ring (bicyclic) bond motifs is 2. The predicted molar refractivity (Wildman–Crippen MR) is 124 cm³/mol. The summed E-state index contributed by atoms with van der Waals surface area (Å²) in [7, 11) is 0. The minimum absolute atomic E-state index is 0.134. The van der Waals surface area contributed by atoms with Crippen LogP contribution in [0.1, 0.15) is 52.1 Å². The molecule has 5 rings (SSSR count). The monoisotopic (exact) mass is 487 g/mol. The van der Waals surface area contributed by atoms with Crippen LogP contribution >= 0.6 is 15.9 Å². The van der Waals surface area contributed by atoms with Gasteiger partial charge >= 0.3 is 0 Å². The maximum Gasteiger partial charge on any atom is 0.283 e. The maximum absolute atomic E-state index is 12.8. The molecule has 0 saturated heterocycles. The van der Waals surface area contributed by atoms with E-state index in [2.05, 4.69) is 57.4 Å². The second kappa shape index (κ2) is 8.37. The molecule has 3 aliphatic rings. The largest absolute Gasteiger partial charge is 0.380 e. The lowest BCUT2D eigenvalue weighted by molar-refractivity contribution is -0.122. The van der Waals surface area contributed by atoms with Crippen LogP contribution in [0.2, 0.25) is 0 Å². The molecule has 166 valence electrons. The smallest absolute Gasteiger partial charge is 0.283 e. The van der Waals surface area contributed by atoms with Crippen LogP contribution in [0, 0.1) is 23.2 Å². The summed E-state index contributed by atoms with van der Waals surface area (Å²) >= 11 is 3.43. The number of carbonyl (C=O) groups excluding carboxylic acids is 1. The molecule has 31 heavy (non-hydrogen) atoms. The fraction of sp³-hybridized carbons (Fsp3) is 0.565. The Morgan fingerprint density at radius 1 is 1.32 bits per heavy atom. The third kappa shape index (κ3) is 4.14. The third-order valence-corrected chi connectivity index (χ3v) is 8.32. The highest BCUT2D eigenvalue weighted by Gasteiger charge is 2.56. The lowest BCUT2D eigenvalue weighted by atomic mass is 9.45. The summed E-state index contributed by atoms with van der Waals surface area (Å²) in [5, 5.41) is 10.7. The minimum atomic E-state index is -0.314. The van der Waals surface area contributed by atoms with E-state index in [-0.39, 0.29) is 24.1 Å². The van der Waals surface area contributed by atoms with Crippen LogP contribution in [0.15, 0.2) is 40.0 Å². The second-order valence-electron chi connectivity index (χ2n) is 9.61. The van der Waals surface area contributed by atoms with Crippen molar-refractivity contribution in [2.75, 3.05) is 5.32 Å². The van der Waals surface area contributed by atoms with Gasteiger partial charge in [0.05, 0.1) is 17.9 Å². The summed E-state index contributed by atoms with van der Waals surface area (Å²) in [6.45, 7) is 8.81. The summed E-state index contributed by atoms with van der Waals surface area (Å²) in [5.41, 5.74) is 1.75. The van der Waals surface area contributed by atoms with Gasteiger partial charge in [0.2, 0.25) is 5.91 Å². The molecule has 7 nitrogen and oxygen atoms in total. The number of nitrogens with one attached hydrogen (secondary N) is 2. The normalized spacial score (nSPS) is 27.1. The van der Waals surface area contributed by atoms with Gasteiger partial charge in [-0.3, -0.25) is 14.6 Å². The molecule has 0 radical (unpaired) electrons. The summed E-state index contributed by atoms with van der Waals surface area (Å²) in [4.78, 5) is 29.2. The molecule has 0 aromatic carbocycles. The van der Waals surface area contributed by atoms with E-state index < -0.39 is 0 Å². The van der Waals surface area contributed by atoms with Crippen molar-refractivity contribution in [3.63, 3.8) is 0 Å². The number of amides is 1. The van der Waals surface area contributed by atoms with Gasteiger partial charge in [0.1, 0.15) is 11.0 Å². The fourth-order valence-electron chi connectivity index (χ4n) is 5.38. The molecule has 2 aromatic heterocycles. The van der Waals surface area contributed by atoms with Gasteiger partial charge in [-0.25, -0.2) is 4.68 Å². The zero-order valence-electron chi connectivity index (χ0n) is 18.4. The van der Waals surface area contributed by atoms with Crippen LogP contribution in [0.3, 0.4) is 0 Å². The maximum atomic E-state index is 12.8. The molecule has 3 fully saturated rings. The van der Waals surface area contributed by atoms with Crippen LogP contribution in [0.5, 0.6) is 0 Å². The van der Waals surface area contributed by atoms with Crippen molar-refractivity contribution < 1.29 is 4.79 Å². The number of hydrogen-bond acceptors (Lipinski definition) is 5. The Balaban J connectivity index is 1.41. The van der Waals surface area contributed by atoms with Crippen molar-refractivity contribution in [2.24, 2.45) is 23.2 Å². The van der Waals surface area contributed by atoms with Crippen LogP contribution in [0.4, 0.5) is 5.69 Å². The van der Waals surface area contributed by atoms with Gasteiger partial charge in [-0.05, 0) is 76.6 Å². The Bertz CT molecular complexity index is 1020. The number of rotatable bonds is 6. The average Bonchev–Trinajstić information content (AvgIpc) is 2.74. The molecule has 2 N–H and O–H groups in total. The lowest BCUT2D eigenvalue weighted by Gasteiger charge is -2.62. The van der Waals surface area contributed by atoms with Crippen molar-refractivity contribution >= 4 is 27.5 Å². The van der Waals surface area contributed by atoms with E-state index in [4.69, 9.17) is 0 Å². The fourth-order valence-corrected chi connectivity index (χ4v) is 5.80. The molecule has 5 atom stereocenters. The van der Waals surface area contributed by atoms with Crippen molar-refractivity contribution in [2.45, 2.75) is 59.2 Å². The molecular formula is C23H30BrN5O2. The zero-order valence-corrected chi connectivity index (χ0v) is 20.0. The molecule has 1 amide bonds. The molecule has 3 aliphatic carbocycles. The van der Waals surface area contributed by atoms with Crippen LogP contribution in [-0.2, 0) is 11.3 Å². The first-order chi connectivity index (χ1) is 14.7. The van der Waals surface area contributed by atoms with Crippen molar-refractivity contribution in [3.8, 4) is 0 Å². The van der Waals surface area contributed by atoms with Gasteiger partial charge < -0.3 is 10.6 Å². The van der Waals surface area contributed by atoms with Crippen molar-refractivity contribution in [3.05, 3.63) is 51.1 Å². The van der Waals surface area contributed by atoms with E-state index >= 15 is 0 Å². The van der Waals surface area contributed by atoms with Crippen molar-refractivity contribution in [1.82, 2.24) is 20.1 Å². The summed E-state index contributed by atoms with van der Waals surface area (Å²) < 4.78 is 1.61. The van der Waals surface area contributed by atoms with Gasteiger partial charge in [0.15, 0.2) is 0 Å². The Kier molecular flexibility index (Phi) is 5.94. The summed E-state index contributed by atoms with van der Waals surface area (Å²) in [5.74, 6) is 1.70. The molecule has 2 heterocycles. The van der Waals surface area contributed by atoms with Gasteiger partial charge in [0, 0.05) is 18.4 Å². The predicted octanol–water partition coefficient (Wildman–Crippen LogP) is 3.76. The van der Waals surface area contributed by atoms with Gasteiger partial charge in [-0.1, -0.05) is 20.8 Å². The number of carbonyl (C=O) groups is 1. The Morgan fingerprint density at radius 3 is 2.68 bits per heavy atom. The van der Waals surface area contributed by atoms with E-state index in [1.807, 2.05) is 19.1 Å². The SMILES string of the molecule is C[C@@H]1[C@H]2C[C@@H](C[C@H]1Nc1cnn(CC(=O)N[C@@H](C)c3ccncc3)c(=O)c1Br)C2(C)C. The first kappa shape index (κ1) is 22.0. The number of aromatic nitrogens is 3. The van der Waals surface area contributed by atoms with Gasteiger partial charge in [0.25, 0.3) is 5.56 Å². The number of pyridine rings is 1. The van der Waals surface area contributed by atoms with Crippen LogP contribution in [0.25, 0.3) is 0 Å². The zero-order chi connectivity index (χ0) is 22.3. The highest BCUT2D eigenvalue weighted by Crippen LogP contribution is 2.61. The quantitative estimate of drug-likeness (QED) is 0.647. The Morgan fingerprint density at radius 2 is 2.03 bits per heavy atom. The van der Waals surface area contributed by atoms with E-state index in [1.165, 1.54) is 11.1 Å². The molecule has 2 aromatic rings. The van der Waals surface area contributed by atoms with Crippen molar-refractivity contribution in [1.29, 1.82) is 0 Å². The lowest BCUT2D eigenvalue weighted by Crippen LogP contribution is -2.58. The Hall–Kier alpha value is -2.22. The van der Waals surface area contributed by atoms with E-state index in [9.17, 15) is 9.59 Å². The second-order valence-corrected chi connectivity index (χ2v) is 10.4. The highest BCUT2D eigenvalue weighted by molar-refractivity contribution is 9.10. The molecular weight excluding hydrogens is 458 g/mol. The van der Waals surface area contributed by atoms with Gasteiger partial charge in [-0.15, -0.1) is 0 Å². The third-order valence-electron chi connectivity index (χ3n) is 7.56. The van der Waals surface area contributed by atoms with Crippen LogP contribution in [-0.4, -0.2) is 26.7 Å². The molecule has 3 saturated carbocycles. The molecule has 8 heteroatoms. The minimum Gasteiger partial charge on any atom is -0.380 e. The standard InChI is InChI=1S/C23H30BrN5O2/c1-13-17-9-16(23(17,3)4)10-18(13)28-19-11-26-29(22(31)21(19)24)12-20(30)27-14(2)15-5-7-25-8-6-15/h5-8,11,13-14,16-18,28H,9-10,12H2,1-4H3,(H,27,30)/t13-,14+,16+,17-,18-/m1/s1. The van der Waals surface area contributed by atoms with Crippen LogP contribution < -0.4 is 16.2 Å². The number of nitrogens with zero attached hydrogens (tertiary/aromatic N) is 3. The first-order valence-electron chi connectivity index (χ1n) is 10.9.